The van der Waals surface area contributed by atoms with E-state index in [1.54, 1.807) is 6.07 Å². The molecule has 0 amide bonds. The molecule has 19 heavy (non-hydrogen) atoms. The van der Waals surface area contributed by atoms with Crippen molar-refractivity contribution in [1.29, 1.82) is 0 Å². The number of benzene rings is 1. The third kappa shape index (κ3) is 2.80. The Morgan fingerprint density at radius 3 is 2.74 bits per heavy atom. The lowest BCUT2D eigenvalue weighted by molar-refractivity contribution is -0.383. The summed E-state index contributed by atoms with van der Waals surface area (Å²) in [6.45, 7) is 8.76. The average Bonchev–Trinajstić information content (AvgIpc) is 2.69. The van der Waals surface area contributed by atoms with Crippen LogP contribution in [0.25, 0.3) is 0 Å². The predicted molar refractivity (Wildman–Crippen MR) is 77.9 cm³/mol. The molecule has 1 N–H and O–H groups in total. The van der Waals surface area contributed by atoms with E-state index in [1.807, 2.05) is 19.1 Å². The molecular weight excluding hydrogens is 242 g/mol. The SMILES string of the molecule is CCNc1cccc(N2CCC(C)(C)C2)c1[N+](=O)[O-]. The van der Waals surface area contributed by atoms with Crippen LogP contribution in [-0.4, -0.2) is 24.6 Å². The Morgan fingerprint density at radius 1 is 1.47 bits per heavy atom. The molecule has 1 aliphatic heterocycles. The van der Waals surface area contributed by atoms with Gasteiger partial charge < -0.3 is 10.2 Å². The molecule has 1 aromatic rings. The molecular formula is C14H21N3O2. The Bertz CT molecular complexity index is 486. The van der Waals surface area contributed by atoms with Crippen LogP contribution < -0.4 is 10.2 Å². The van der Waals surface area contributed by atoms with Gasteiger partial charge in [-0.3, -0.25) is 10.1 Å². The maximum atomic E-state index is 11.4. The second-order valence-electron chi connectivity index (χ2n) is 5.80. The zero-order chi connectivity index (χ0) is 14.0. The molecule has 5 nitrogen and oxygen atoms in total. The Morgan fingerprint density at radius 2 is 2.21 bits per heavy atom. The van der Waals surface area contributed by atoms with E-state index in [-0.39, 0.29) is 16.0 Å². The highest BCUT2D eigenvalue weighted by atomic mass is 16.6. The van der Waals surface area contributed by atoms with E-state index in [9.17, 15) is 10.1 Å². The van der Waals surface area contributed by atoms with E-state index in [4.69, 9.17) is 0 Å². The van der Waals surface area contributed by atoms with Crippen molar-refractivity contribution in [3.8, 4) is 0 Å². The summed E-state index contributed by atoms with van der Waals surface area (Å²) in [5, 5.41) is 14.4. The van der Waals surface area contributed by atoms with Crippen molar-refractivity contribution in [2.45, 2.75) is 27.2 Å². The summed E-state index contributed by atoms with van der Waals surface area (Å²) in [6, 6.07) is 5.50. The molecule has 1 heterocycles. The molecule has 0 saturated carbocycles. The molecule has 0 unspecified atom stereocenters. The minimum absolute atomic E-state index is 0.196. The Hall–Kier alpha value is -1.78. The zero-order valence-electron chi connectivity index (χ0n) is 11.8. The normalized spacial score (nSPS) is 17.5. The van der Waals surface area contributed by atoms with Gasteiger partial charge >= 0.3 is 5.69 Å². The number of nitro groups is 1. The van der Waals surface area contributed by atoms with Gasteiger partial charge in [0, 0.05) is 19.6 Å². The zero-order valence-corrected chi connectivity index (χ0v) is 11.8. The van der Waals surface area contributed by atoms with Gasteiger partial charge in [0.15, 0.2) is 0 Å². The van der Waals surface area contributed by atoms with Crippen LogP contribution >= 0.6 is 0 Å². The van der Waals surface area contributed by atoms with Gasteiger partial charge in [-0.2, -0.15) is 0 Å². The van der Waals surface area contributed by atoms with Gasteiger partial charge in [0.1, 0.15) is 11.4 Å². The first-order chi connectivity index (χ1) is 8.94. The van der Waals surface area contributed by atoms with E-state index in [2.05, 4.69) is 24.1 Å². The van der Waals surface area contributed by atoms with Crippen molar-refractivity contribution >= 4 is 17.1 Å². The van der Waals surface area contributed by atoms with Crippen LogP contribution in [0.2, 0.25) is 0 Å². The highest BCUT2D eigenvalue weighted by molar-refractivity contribution is 5.77. The highest BCUT2D eigenvalue weighted by Crippen LogP contribution is 2.40. The summed E-state index contributed by atoms with van der Waals surface area (Å²) in [5.74, 6) is 0. The van der Waals surface area contributed by atoms with Crippen LogP contribution in [0.1, 0.15) is 27.2 Å². The average molecular weight is 263 g/mol. The second kappa shape index (κ2) is 5.07. The lowest BCUT2D eigenvalue weighted by atomic mass is 9.93. The highest BCUT2D eigenvalue weighted by Gasteiger charge is 2.33. The minimum Gasteiger partial charge on any atom is -0.380 e. The molecule has 0 spiro atoms. The molecule has 1 aromatic carbocycles. The number of rotatable bonds is 4. The van der Waals surface area contributed by atoms with Crippen LogP contribution in [0.4, 0.5) is 17.1 Å². The second-order valence-corrected chi connectivity index (χ2v) is 5.80. The standard InChI is InChI=1S/C14H21N3O2/c1-4-15-11-6-5-7-12(13(11)17(18)19)16-9-8-14(2,3)10-16/h5-7,15H,4,8-10H2,1-3H3. The quantitative estimate of drug-likeness (QED) is 0.669. The van der Waals surface area contributed by atoms with Gasteiger partial charge in [-0.15, -0.1) is 0 Å². The molecule has 2 rings (SSSR count). The fraction of sp³-hybridized carbons (Fsp3) is 0.571. The first-order valence-corrected chi connectivity index (χ1v) is 6.71. The number of nitrogens with one attached hydrogen (secondary N) is 1. The van der Waals surface area contributed by atoms with E-state index >= 15 is 0 Å². The third-order valence-corrected chi connectivity index (χ3v) is 3.58. The smallest absolute Gasteiger partial charge is 0.315 e. The van der Waals surface area contributed by atoms with Gasteiger partial charge in [0.05, 0.1) is 4.92 Å². The summed E-state index contributed by atoms with van der Waals surface area (Å²) in [7, 11) is 0. The van der Waals surface area contributed by atoms with Gasteiger partial charge in [-0.05, 0) is 30.9 Å². The van der Waals surface area contributed by atoms with E-state index in [0.717, 1.165) is 25.2 Å². The van der Waals surface area contributed by atoms with Crippen LogP contribution in [-0.2, 0) is 0 Å². The van der Waals surface area contributed by atoms with E-state index < -0.39 is 0 Å². The van der Waals surface area contributed by atoms with Crippen LogP contribution in [0.5, 0.6) is 0 Å². The first-order valence-electron chi connectivity index (χ1n) is 6.71. The molecule has 104 valence electrons. The van der Waals surface area contributed by atoms with Crippen molar-refractivity contribution in [3.63, 3.8) is 0 Å². The monoisotopic (exact) mass is 263 g/mol. The summed E-state index contributed by atoms with van der Waals surface area (Å²) in [6.07, 6.45) is 1.07. The van der Waals surface area contributed by atoms with Crippen LogP contribution in [0, 0.1) is 15.5 Å². The van der Waals surface area contributed by atoms with Crippen LogP contribution in [0.3, 0.4) is 0 Å². The van der Waals surface area contributed by atoms with Crippen molar-refractivity contribution in [2.75, 3.05) is 29.9 Å². The molecule has 0 aliphatic carbocycles. The van der Waals surface area contributed by atoms with E-state index in [1.165, 1.54) is 0 Å². The fourth-order valence-corrected chi connectivity index (χ4v) is 2.63. The largest absolute Gasteiger partial charge is 0.380 e. The summed E-state index contributed by atoms with van der Waals surface area (Å²) >= 11 is 0. The number of para-hydroxylation sites is 1. The Balaban J connectivity index is 2.40. The molecule has 1 aliphatic rings. The summed E-state index contributed by atoms with van der Waals surface area (Å²) in [4.78, 5) is 13.2. The summed E-state index contributed by atoms with van der Waals surface area (Å²) < 4.78 is 0. The number of hydrogen-bond acceptors (Lipinski definition) is 4. The molecule has 0 bridgehead atoms. The summed E-state index contributed by atoms with van der Waals surface area (Å²) in [5.41, 5.74) is 1.76. The predicted octanol–water partition coefficient (Wildman–Crippen LogP) is 3.26. The lowest BCUT2D eigenvalue weighted by Gasteiger charge is -2.22. The molecule has 0 aromatic heterocycles. The number of nitro benzene ring substituents is 1. The number of hydrogen-bond donors (Lipinski definition) is 1. The van der Waals surface area contributed by atoms with Gasteiger partial charge in [0.25, 0.3) is 0 Å². The Kier molecular flexibility index (Phi) is 3.64. The number of nitrogens with zero attached hydrogens (tertiary/aromatic N) is 2. The maximum Gasteiger partial charge on any atom is 0.315 e. The molecule has 5 heteroatoms. The molecule has 0 atom stereocenters. The van der Waals surface area contributed by atoms with Crippen molar-refractivity contribution in [3.05, 3.63) is 28.3 Å². The fourth-order valence-electron chi connectivity index (χ4n) is 2.63. The van der Waals surface area contributed by atoms with Gasteiger partial charge in [-0.25, -0.2) is 0 Å². The maximum absolute atomic E-state index is 11.4. The topological polar surface area (TPSA) is 58.4 Å². The van der Waals surface area contributed by atoms with Crippen molar-refractivity contribution in [2.24, 2.45) is 5.41 Å². The minimum atomic E-state index is -0.279. The van der Waals surface area contributed by atoms with Gasteiger partial charge in [0.2, 0.25) is 0 Å². The molecule has 1 saturated heterocycles. The van der Waals surface area contributed by atoms with Crippen molar-refractivity contribution in [1.82, 2.24) is 0 Å². The van der Waals surface area contributed by atoms with Gasteiger partial charge in [-0.1, -0.05) is 19.9 Å². The Labute approximate surface area is 113 Å². The first kappa shape index (κ1) is 13.6. The molecule has 0 radical (unpaired) electrons. The van der Waals surface area contributed by atoms with Crippen LogP contribution in [0.15, 0.2) is 18.2 Å². The lowest BCUT2D eigenvalue weighted by Crippen LogP contribution is -2.23. The molecule has 1 fully saturated rings. The number of anilines is 2. The van der Waals surface area contributed by atoms with E-state index in [0.29, 0.717) is 12.2 Å². The third-order valence-electron chi connectivity index (χ3n) is 3.58. The van der Waals surface area contributed by atoms with Crippen molar-refractivity contribution < 1.29 is 4.92 Å².